The summed E-state index contributed by atoms with van der Waals surface area (Å²) in [6.07, 6.45) is -0.617. The zero-order valence-corrected chi connectivity index (χ0v) is 5.30. The molecule has 2 atom stereocenters. The van der Waals surface area contributed by atoms with Crippen LogP contribution < -0.4 is 0 Å². The van der Waals surface area contributed by atoms with Crippen molar-refractivity contribution in [3.8, 4) is 0 Å². The number of halogens is 4. The topological polar surface area (TPSA) is 0 Å². The molecule has 4 heteroatoms. The normalized spacial score (nSPS) is 53.1. The summed E-state index contributed by atoms with van der Waals surface area (Å²) in [6, 6.07) is 0. The predicted octanol–water partition coefficient (Wildman–Crippen LogP) is 2.30. The molecule has 0 radical (unpaired) electrons. The minimum Gasteiger partial charge on any atom is -0.206 e. The second-order valence-corrected chi connectivity index (χ2v) is 3.20. The Morgan fingerprint density at radius 2 is 1.50 bits per heavy atom. The fraction of sp³-hybridized carbons (Fsp3) is 1.00. The van der Waals surface area contributed by atoms with Crippen LogP contribution in [0.2, 0.25) is 0 Å². The summed E-state index contributed by atoms with van der Waals surface area (Å²) >= 11 is 0. The van der Waals surface area contributed by atoms with Gasteiger partial charge in [0.2, 0.25) is 0 Å². The van der Waals surface area contributed by atoms with E-state index in [-0.39, 0.29) is 0 Å². The second-order valence-electron chi connectivity index (χ2n) is 3.20. The zero-order chi connectivity index (χ0) is 7.78. The van der Waals surface area contributed by atoms with Gasteiger partial charge in [0.25, 0.3) is 11.8 Å². The minimum absolute atomic E-state index is 0.617. The van der Waals surface area contributed by atoms with E-state index >= 15 is 0 Å². The number of alkyl halides is 4. The average Bonchev–Trinajstić information content (AvgIpc) is 2.43. The van der Waals surface area contributed by atoms with Crippen LogP contribution in [0.25, 0.3) is 0 Å². The van der Waals surface area contributed by atoms with Gasteiger partial charge in [-0.1, -0.05) is 6.92 Å². The first-order chi connectivity index (χ1) is 4.36. The van der Waals surface area contributed by atoms with Crippen molar-refractivity contribution in [1.82, 2.24) is 0 Å². The number of hydrogen-bond acceptors (Lipinski definition) is 0. The van der Waals surface area contributed by atoms with E-state index in [4.69, 9.17) is 0 Å². The molecule has 0 aromatic rings. The van der Waals surface area contributed by atoms with Crippen LogP contribution in [0.5, 0.6) is 0 Å². The molecule has 0 bridgehead atoms. The molecule has 0 saturated heterocycles. The minimum atomic E-state index is -3.10. The molecule has 1 unspecified atom stereocenters. The van der Waals surface area contributed by atoms with Gasteiger partial charge in [-0.2, -0.15) is 0 Å². The van der Waals surface area contributed by atoms with Gasteiger partial charge in [-0.05, 0) is 0 Å². The maximum Gasteiger partial charge on any atom is 0.263 e. The Kier molecular flexibility index (Phi) is 0.709. The Hall–Kier alpha value is -0.280. The summed E-state index contributed by atoms with van der Waals surface area (Å²) in [5.74, 6) is -7.30. The Labute approximate surface area is 55.2 Å². The molecule has 58 valence electrons. The van der Waals surface area contributed by atoms with Gasteiger partial charge in [0.15, 0.2) is 0 Å². The van der Waals surface area contributed by atoms with Gasteiger partial charge in [-0.15, -0.1) is 0 Å². The smallest absolute Gasteiger partial charge is 0.206 e. The highest BCUT2D eigenvalue weighted by Crippen LogP contribution is 2.86. The van der Waals surface area contributed by atoms with E-state index in [1.54, 1.807) is 0 Å². The van der Waals surface area contributed by atoms with Crippen molar-refractivity contribution in [3.05, 3.63) is 0 Å². The van der Waals surface area contributed by atoms with E-state index in [2.05, 4.69) is 0 Å². The quantitative estimate of drug-likeness (QED) is 0.469. The molecule has 0 amide bonds. The SMILES string of the molecule is CC1C(F)(F)[C@]12CC2(F)F. The first-order valence-electron chi connectivity index (χ1n) is 3.12. The van der Waals surface area contributed by atoms with Crippen LogP contribution in [-0.2, 0) is 0 Å². The molecular formula is C6H6F4. The van der Waals surface area contributed by atoms with Crippen LogP contribution in [0.4, 0.5) is 17.6 Å². The standard InChI is InChI=1S/C6H6F4/c1-3-4(6(3,9)10)2-5(4,7)8/h3H,2H2,1H3/t3?,4-/m1/s1. The number of rotatable bonds is 0. The van der Waals surface area contributed by atoms with Gasteiger partial charge in [0, 0.05) is 12.3 Å². The van der Waals surface area contributed by atoms with Gasteiger partial charge in [0.05, 0.1) is 0 Å². The molecule has 0 aliphatic heterocycles. The van der Waals surface area contributed by atoms with Crippen LogP contribution in [-0.4, -0.2) is 11.8 Å². The molecule has 0 N–H and O–H groups in total. The fourth-order valence-corrected chi connectivity index (χ4v) is 1.78. The van der Waals surface area contributed by atoms with E-state index in [0.29, 0.717) is 0 Å². The maximum absolute atomic E-state index is 12.4. The second kappa shape index (κ2) is 1.10. The molecule has 10 heavy (non-hydrogen) atoms. The molecule has 0 nitrogen and oxygen atoms in total. The lowest BCUT2D eigenvalue weighted by molar-refractivity contribution is 0.0294. The van der Waals surface area contributed by atoms with Crippen LogP contribution in [0.1, 0.15) is 13.3 Å². The summed E-state index contributed by atoms with van der Waals surface area (Å²) < 4.78 is 49.2. The van der Waals surface area contributed by atoms with E-state index in [9.17, 15) is 17.6 Å². The van der Waals surface area contributed by atoms with E-state index in [0.717, 1.165) is 0 Å². The third-order valence-electron chi connectivity index (χ3n) is 2.82. The summed E-state index contributed by atoms with van der Waals surface area (Å²) in [5.41, 5.74) is -1.92. The van der Waals surface area contributed by atoms with E-state index < -0.39 is 29.6 Å². The Bertz CT molecular complexity index is 198. The lowest BCUT2D eigenvalue weighted by atomic mass is 10.3. The van der Waals surface area contributed by atoms with Gasteiger partial charge < -0.3 is 0 Å². The van der Waals surface area contributed by atoms with E-state index in [1.165, 1.54) is 6.92 Å². The Balaban J connectivity index is 2.28. The maximum atomic E-state index is 12.4. The van der Waals surface area contributed by atoms with Crippen molar-refractivity contribution in [3.63, 3.8) is 0 Å². The van der Waals surface area contributed by atoms with Crippen molar-refractivity contribution < 1.29 is 17.6 Å². The Morgan fingerprint density at radius 3 is 1.50 bits per heavy atom. The summed E-state index contributed by atoms with van der Waals surface area (Å²) in [4.78, 5) is 0. The molecule has 2 saturated carbocycles. The lowest BCUT2D eigenvalue weighted by Gasteiger charge is -1.90. The fourth-order valence-electron chi connectivity index (χ4n) is 1.78. The summed E-state index contributed by atoms with van der Waals surface area (Å²) in [5, 5.41) is 0. The van der Waals surface area contributed by atoms with E-state index in [1.807, 2.05) is 0 Å². The first kappa shape index (κ1) is 6.43. The van der Waals surface area contributed by atoms with Gasteiger partial charge in [0.1, 0.15) is 5.41 Å². The highest BCUT2D eigenvalue weighted by molar-refractivity contribution is 5.33. The van der Waals surface area contributed by atoms with Crippen LogP contribution in [0, 0.1) is 11.3 Å². The molecule has 2 rings (SSSR count). The summed E-state index contributed by atoms with van der Waals surface area (Å²) in [6.45, 7) is 1.18. The van der Waals surface area contributed by atoms with Gasteiger partial charge in [-0.3, -0.25) is 0 Å². The third-order valence-corrected chi connectivity index (χ3v) is 2.82. The molecule has 1 spiro atoms. The van der Waals surface area contributed by atoms with Crippen molar-refractivity contribution in [2.24, 2.45) is 11.3 Å². The van der Waals surface area contributed by atoms with Crippen LogP contribution in [0.15, 0.2) is 0 Å². The third kappa shape index (κ3) is 0.346. The van der Waals surface area contributed by atoms with Crippen molar-refractivity contribution in [1.29, 1.82) is 0 Å². The number of hydrogen-bond donors (Lipinski definition) is 0. The highest BCUT2D eigenvalue weighted by Gasteiger charge is 2.98. The predicted molar refractivity (Wildman–Crippen MR) is 26.1 cm³/mol. The largest absolute Gasteiger partial charge is 0.263 e. The molecule has 2 aliphatic rings. The molecule has 2 aliphatic carbocycles. The molecular weight excluding hydrogens is 148 g/mol. The molecule has 0 aromatic heterocycles. The lowest BCUT2D eigenvalue weighted by Crippen LogP contribution is -2.02. The summed E-state index contributed by atoms with van der Waals surface area (Å²) in [7, 11) is 0. The molecule has 0 heterocycles. The highest BCUT2D eigenvalue weighted by atomic mass is 19.3. The zero-order valence-electron chi connectivity index (χ0n) is 5.30. The molecule has 0 aromatic carbocycles. The van der Waals surface area contributed by atoms with Crippen molar-refractivity contribution in [2.45, 2.75) is 25.2 Å². The molecule has 2 fully saturated rings. The average molecular weight is 154 g/mol. The Morgan fingerprint density at radius 1 is 1.20 bits per heavy atom. The van der Waals surface area contributed by atoms with Crippen LogP contribution in [0.3, 0.4) is 0 Å². The monoisotopic (exact) mass is 154 g/mol. The van der Waals surface area contributed by atoms with Crippen molar-refractivity contribution >= 4 is 0 Å². The first-order valence-corrected chi connectivity index (χ1v) is 3.12. The van der Waals surface area contributed by atoms with Gasteiger partial charge >= 0.3 is 0 Å². The van der Waals surface area contributed by atoms with Gasteiger partial charge in [-0.25, -0.2) is 17.6 Å². The van der Waals surface area contributed by atoms with Crippen LogP contribution >= 0.6 is 0 Å². The van der Waals surface area contributed by atoms with Crippen molar-refractivity contribution in [2.75, 3.05) is 0 Å².